The summed E-state index contributed by atoms with van der Waals surface area (Å²) < 4.78 is 18.5. The molecule has 3 aliphatic heterocycles. The van der Waals surface area contributed by atoms with Crippen LogP contribution in [-0.4, -0.2) is 59.7 Å². The quantitative estimate of drug-likeness (QED) is 0.531. The van der Waals surface area contributed by atoms with Gasteiger partial charge in [0.25, 0.3) is 0 Å². The second kappa shape index (κ2) is 8.69. The number of hydrogen-bond donors (Lipinski definition) is 0. The maximum absolute atomic E-state index is 13.4. The third kappa shape index (κ3) is 4.00. The molecule has 7 heteroatoms. The average molecular weight is 431 g/mol. The highest BCUT2D eigenvalue weighted by molar-refractivity contribution is 6.08. The van der Waals surface area contributed by atoms with Gasteiger partial charge in [-0.2, -0.15) is 0 Å². The van der Waals surface area contributed by atoms with Crippen LogP contribution < -0.4 is 0 Å². The molecule has 0 radical (unpaired) electrons. The first kappa shape index (κ1) is 21.9. The van der Waals surface area contributed by atoms with Crippen molar-refractivity contribution in [1.82, 2.24) is 9.80 Å². The van der Waals surface area contributed by atoms with Crippen molar-refractivity contribution in [2.75, 3.05) is 20.2 Å². The van der Waals surface area contributed by atoms with Crippen LogP contribution in [0.3, 0.4) is 0 Å². The van der Waals surface area contributed by atoms with Gasteiger partial charge in [-0.3, -0.25) is 19.3 Å². The number of halogens is 1. The zero-order chi connectivity index (χ0) is 22.2. The SMILES string of the molecule is COC(=O)[C@]1(CC(=O)N2CCC[C@H](C)C2)C(=O)C[C@H]2CC[C@@H]1N2Cc1ccc(F)cc1. The summed E-state index contributed by atoms with van der Waals surface area (Å²) in [6.07, 6.45) is 3.58. The number of carbonyl (C=O) groups is 3. The Morgan fingerprint density at radius 3 is 2.61 bits per heavy atom. The first-order chi connectivity index (χ1) is 14.8. The van der Waals surface area contributed by atoms with Crippen LogP contribution in [0.1, 0.15) is 51.0 Å². The topological polar surface area (TPSA) is 66.9 Å². The Hall–Kier alpha value is -2.28. The molecule has 4 rings (SSSR count). The largest absolute Gasteiger partial charge is 0.468 e. The van der Waals surface area contributed by atoms with Crippen LogP contribution in [0.2, 0.25) is 0 Å². The lowest BCUT2D eigenvalue weighted by Gasteiger charge is -2.46. The number of Topliss-reactive ketones (excluding diaryl/α,β-unsaturated/α-hetero) is 1. The molecule has 31 heavy (non-hydrogen) atoms. The smallest absolute Gasteiger partial charge is 0.321 e. The minimum Gasteiger partial charge on any atom is -0.468 e. The first-order valence-electron chi connectivity index (χ1n) is 11.2. The van der Waals surface area contributed by atoms with Crippen LogP contribution in [0.25, 0.3) is 0 Å². The van der Waals surface area contributed by atoms with E-state index in [-0.39, 0.29) is 42.4 Å². The van der Waals surface area contributed by atoms with E-state index in [9.17, 15) is 18.8 Å². The Morgan fingerprint density at radius 2 is 1.94 bits per heavy atom. The Labute approximate surface area is 182 Å². The summed E-state index contributed by atoms with van der Waals surface area (Å²) in [6, 6.07) is 5.94. The summed E-state index contributed by atoms with van der Waals surface area (Å²) in [4.78, 5) is 43.7. The molecule has 6 nitrogen and oxygen atoms in total. The number of benzene rings is 1. The lowest BCUT2D eigenvalue weighted by molar-refractivity contribution is -0.171. The average Bonchev–Trinajstić information content (AvgIpc) is 3.07. The predicted molar refractivity (Wildman–Crippen MR) is 112 cm³/mol. The highest BCUT2D eigenvalue weighted by atomic mass is 19.1. The summed E-state index contributed by atoms with van der Waals surface area (Å²) in [6.45, 7) is 3.96. The molecule has 2 bridgehead atoms. The van der Waals surface area contributed by atoms with E-state index in [0.717, 1.165) is 24.8 Å². The predicted octanol–water partition coefficient (Wildman–Crippen LogP) is 2.94. The van der Waals surface area contributed by atoms with E-state index < -0.39 is 11.4 Å². The van der Waals surface area contributed by atoms with E-state index in [0.29, 0.717) is 32.0 Å². The number of rotatable bonds is 5. The second-order valence-electron chi connectivity index (χ2n) is 9.40. The number of nitrogens with zero attached hydrogens (tertiary/aromatic N) is 2. The lowest BCUT2D eigenvalue weighted by Crippen LogP contribution is -2.61. The number of likely N-dealkylation sites (tertiary alicyclic amines) is 1. The van der Waals surface area contributed by atoms with Crippen LogP contribution >= 0.6 is 0 Å². The van der Waals surface area contributed by atoms with E-state index in [4.69, 9.17) is 4.74 Å². The van der Waals surface area contributed by atoms with Gasteiger partial charge < -0.3 is 9.64 Å². The minimum absolute atomic E-state index is 0.0328. The van der Waals surface area contributed by atoms with Gasteiger partial charge in [-0.25, -0.2) is 4.39 Å². The second-order valence-corrected chi connectivity index (χ2v) is 9.40. The van der Waals surface area contributed by atoms with Gasteiger partial charge in [0.1, 0.15) is 5.82 Å². The molecular weight excluding hydrogens is 399 g/mol. The third-order valence-corrected chi connectivity index (χ3v) is 7.40. The van der Waals surface area contributed by atoms with E-state index in [1.807, 2.05) is 0 Å². The van der Waals surface area contributed by atoms with Gasteiger partial charge in [0, 0.05) is 38.1 Å². The fraction of sp³-hybridized carbons (Fsp3) is 0.625. The molecule has 0 aliphatic carbocycles. The molecule has 0 spiro atoms. The highest BCUT2D eigenvalue weighted by Gasteiger charge is 2.62. The number of hydrogen-bond acceptors (Lipinski definition) is 5. The van der Waals surface area contributed by atoms with Crippen molar-refractivity contribution in [3.8, 4) is 0 Å². The van der Waals surface area contributed by atoms with Crippen molar-refractivity contribution in [1.29, 1.82) is 0 Å². The molecule has 168 valence electrons. The first-order valence-corrected chi connectivity index (χ1v) is 11.2. The molecule has 0 saturated carbocycles. The van der Waals surface area contributed by atoms with E-state index in [1.54, 1.807) is 17.0 Å². The molecule has 0 N–H and O–H groups in total. The monoisotopic (exact) mass is 430 g/mol. The molecule has 3 fully saturated rings. The summed E-state index contributed by atoms with van der Waals surface area (Å²) in [7, 11) is 1.29. The zero-order valence-corrected chi connectivity index (χ0v) is 18.3. The molecule has 0 unspecified atom stereocenters. The molecule has 4 atom stereocenters. The van der Waals surface area contributed by atoms with Gasteiger partial charge in [0.2, 0.25) is 5.91 Å². The van der Waals surface area contributed by atoms with E-state index in [1.165, 1.54) is 19.2 Å². The van der Waals surface area contributed by atoms with Gasteiger partial charge >= 0.3 is 5.97 Å². The number of ketones is 1. The Bertz CT molecular complexity index is 858. The van der Waals surface area contributed by atoms with Crippen molar-refractivity contribution in [3.05, 3.63) is 35.6 Å². The van der Waals surface area contributed by atoms with Gasteiger partial charge in [0.05, 0.1) is 13.5 Å². The maximum Gasteiger partial charge on any atom is 0.321 e. The van der Waals surface area contributed by atoms with Gasteiger partial charge in [-0.15, -0.1) is 0 Å². The summed E-state index contributed by atoms with van der Waals surface area (Å²) in [5.41, 5.74) is -0.554. The fourth-order valence-corrected chi connectivity index (χ4v) is 5.79. The number of ether oxygens (including phenoxy) is 1. The molecule has 1 aromatic rings. The molecule has 0 aromatic heterocycles. The van der Waals surface area contributed by atoms with Crippen LogP contribution in [0.4, 0.5) is 4.39 Å². The standard InChI is InChI=1S/C24H31FN2O4/c1-16-4-3-11-26(14-16)22(29)13-24(23(30)31-2)20-10-9-19(12-21(24)28)27(20)15-17-5-7-18(25)8-6-17/h5-8,16,19-20H,3-4,9-15H2,1-2H3/t16-,19+,20-,24-/m0/s1. The Morgan fingerprint density at radius 1 is 1.19 bits per heavy atom. The summed E-state index contributed by atoms with van der Waals surface area (Å²) in [5.74, 6) is -0.811. The maximum atomic E-state index is 13.4. The number of amides is 1. The summed E-state index contributed by atoms with van der Waals surface area (Å²) >= 11 is 0. The molecule has 3 saturated heterocycles. The molecule has 3 heterocycles. The summed E-state index contributed by atoms with van der Waals surface area (Å²) in [5, 5.41) is 0. The molecule has 1 amide bonds. The van der Waals surface area contributed by atoms with Crippen LogP contribution in [0.5, 0.6) is 0 Å². The van der Waals surface area contributed by atoms with E-state index >= 15 is 0 Å². The normalized spacial score (nSPS) is 31.0. The number of methoxy groups -OCH3 is 1. The Balaban J connectivity index is 1.63. The lowest BCUT2D eigenvalue weighted by atomic mass is 9.69. The number of carbonyl (C=O) groups excluding carboxylic acids is 3. The van der Waals surface area contributed by atoms with Crippen molar-refractivity contribution in [3.63, 3.8) is 0 Å². The van der Waals surface area contributed by atoms with Crippen molar-refractivity contribution in [2.24, 2.45) is 11.3 Å². The van der Waals surface area contributed by atoms with Crippen molar-refractivity contribution >= 4 is 17.7 Å². The van der Waals surface area contributed by atoms with Crippen molar-refractivity contribution in [2.45, 2.75) is 64.1 Å². The number of piperidine rings is 2. The molecular formula is C24H31FN2O4. The van der Waals surface area contributed by atoms with E-state index in [2.05, 4.69) is 11.8 Å². The number of fused-ring (bicyclic) bond motifs is 2. The van der Waals surface area contributed by atoms with Crippen molar-refractivity contribution < 1.29 is 23.5 Å². The number of esters is 1. The Kier molecular flexibility index (Phi) is 6.15. The molecule has 1 aromatic carbocycles. The van der Waals surface area contributed by atoms with Gasteiger partial charge in [-0.1, -0.05) is 19.1 Å². The highest BCUT2D eigenvalue weighted by Crippen LogP contribution is 2.48. The molecule has 3 aliphatic rings. The van der Waals surface area contributed by atoms with Crippen LogP contribution in [0.15, 0.2) is 24.3 Å². The fourth-order valence-electron chi connectivity index (χ4n) is 5.79. The van der Waals surface area contributed by atoms with Gasteiger partial charge in [0.15, 0.2) is 11.2 Å². The van der Waals surface area contributed by atoms with Crippen LogP contribution in [-0.2, 0) is 25.7 Å². The third-order valence-electron chi connectivity index (χ3n) is 7.40. The minimum atomic E-state index is -1.47. The zero-order valence-electron chi connectivity index (χ0n) is 18.3. The van der Waals surface area contributed by atoms with Gasteiger partial charge in [-0.05, 0) is 49.3 Å². The van der Waals surface area contributed by atoms with Crippen LogP contribution in [0, 0.1) is 17.2 Å².